The van der Waals surface area contributed by atoms with Gasteiger partial charge in [0.1, 0.15) is 0 Å². The number of primary amides is 1. The second-order valence-corrected chi connectivity index (χ2v) is 9.11. The summed E-state index contributed by atoms with van der Waals surface area (Å²) in [7, 11) is 3.13. The summed E-state index contributed by atoms with van der Waals surface area (Å²) in [5.41, 5.74) is 6.93. The van der Waals surface area contributed by atoms with Crippen LogP contribution in [-0.4, -0.2) is 62.1 Å². The van der Waals surface area contributed by atoms with Gasteiger partial charge in [0.15, 0.2) is 0 Å². The van der Waals surface area contributed by atoms with Crippen molar-refractivity contribution in [3.63, 3.8) is 0 Å². The van der Waals surface area contributed by atoms with Gasteiger partial charge in [-0.1, -0.05) is 0 Å². The van der Waals surface area contributed by atoms with Crippen LogP contribution in [0, 0.1) is 0 Å². The van der Waals surface area contributed by atoms with Gasteiger partial charge < -0.3 is 0 Å². The van der Waals surface area contributed by atoms with Gasteiger partial charge in [0, 0.05) is 0 Å². The summed E-state index contributed by atoms with van der Waals surface area (Å²) in [5, 5.41) is 3.41. The molecule has 33 heavy (non-hydrogen) atoms. The van der Waals surface area contributed by atoms with Crippen LogP contribution in [0.3, 0.4) is 0 Å². The zero-order valence-corrected chi connectivity index (χ0v) is 19.7. The Labute approximate surface area is 196 Å². The van der Waals surface area contributed by atoms with Crippen molar-refractivity contribution in [2.45, 2.75) is 0 Å². The molecule has 4 aromatic rings. The Morgan fingerprint density at radius 3 is 2.55 bits per heavy atom. The first kappa shape index (κ1) is 22.3. The number of likely N-dealkylation sites (N-methyl/N-ethyl adjacent to an activating group) is 1. The van der Waals surface area contributed by atoms with Crippen LogP contribution in [-0.2, 0) is 4.79 Å². The Kier molecular flexibility index (Phi) is 6.58. The summed E-state index contributed by atoms with van der Waals surface area (Å²) in [5.74, 6) is 0.993. The fourth-order valence-corrected chi connectivity index (χ4v) is 5.58. The molecule has 2 amide bonds. The third-order valence-electron chi connectivity index (χ3n) is 4.81. The van der Waals surface area contributed by atoms with Gasteiger partial charge in [0.2, 0.25) is 0 Å². The normalized spacial score (nSPS) is 10.7. The molecule has 0 unspecified atom stereocenters. The van der Waals surface area contributed by atoms with Crippen LogP contribution in [0.25, 0.3) is 16.9 Å². The van der Waals surface area contributed by atoms with Gasteiger partial charge in [-0.15, -0.1) is 0 Å². The number of ether oxygens (including phenoxy) is 2. The number of fused-ring (bicyclic) bond motifs is 1. The molecule has 0 aliphatic carbocycles. The van der Waals surface area contributed by atoms with E-state index in [0.717, 1.165) is 20.0 Å². The van der Waals surface area contributed by atoms with Gasteiger partial charge in [0.25, 0.3) is 0 Å². The summed E-state index contributed by atoms with van der Waals surface area (Å²) in [4.78, 5) is 32.4. The zero-order valence-electron chi connectivity index (χ0n) is 17.9. The minimum absolute atomic E-state index is 0.0763. The van der Waals surface area contributed by atoms with Gasteiger partial charge in [-0.3, -0.25) is 0 Å². The Hall–Kier alpha value is -3.88. The molecular weight excluding hydrogens is 489 g/mol. The maximum atomic E-state index is 12.0. The first-order valence-corrected chi connectivity index (χ1v) is 11.6. The second-order valence-electron chi connectivity index (χ2n) is 6.88. The molecule has 9 nitrogen and oxygen atoms in total. The number of carbonyl (C=O) groups is 2. The number of carbonyl (C=O) groups excluding carboxylic acids is 2. The maximum absolute atomic E-state index is 12.0. The van der Waals surface area contributed by atoms with E-state index in [1.807, 2.05) is 28.8 Å². The summed E-state index contributed by atoms with van der Waals surface area (Å²) < 4.78 is 14.6. The Balaban J connectivity index is 1.82. The predicted octanol–water partition coefficient (Wildman–Crippen LogP) is 0.308. The SMILES string of the molecule is CNC(=O)COc1ccc2c(c1)cc([Se]c1cc(OC)ccc1C(N)=O)n2-c1ncccn1. The molecule has 0 saturated heterocycles. The van der Waals surface area contributed by atoms with Crippen molar-refractivity contribution in [3.05, 3.63) is 66.5 Å². The number of hydrogen-bond donors (Lipinski definition) is 2. The Bertz CT molecular complexity index is 1320. The third-order valence-corrected chi connectivity index (χ3v) is 7.05. The Morgan fingerprint density at radius 1 is 1.09 bits per heavy atom. The van der Waals surface area contributed by atoms with E-state index in [2.05, 4.69) is 15.3 Å². The quantitative estimate of drug-likeness (QED) is 0.329. The van der Waals surface area contributed by atoms with Gasteiger partial charge in [-0.05, 0) is 0 Å². The van der Waals surface area contributed by atoms with Crippen molar-refractivity contribution in [1.29, 1.82) is 0 Å². The van der Waals surface area contributed by atoms with Crippen molar-refractivity contribution in [2.24, 2.45) is 5.73 Å². The standard InChI is InChI=1S/C23H21N5O4Se/c1-25-20(29)13-32-16-5-7-18-14(10-16)11-21(28(18)23-26-8-3-9-27-23)33-19-12-15(31-2)4-6-17(19)22(24)30/h3-12H,13H2,1-2H3,(H2,24,30)(H,25,29). The number of amides is 2. The molecule has 0 bridgehead atoms. The molecule has 0 aliphatic rings. The molecule has 2 heterocycles. The molecule has 4 rings (SSSR count). The van der Waals surface area contributed by atoms with E-state index >= 15 is 0 Å². The monoisotopic (exact) mass is 511 g/mol. The molecule has 2 aromatic heterocycles. The van der Waals surface area contributed by atoms with E-state index in [0.29, 0.717) is 23.0 Å². The molecule has 2 aromatic carbocycles. The fraction of sp³-hybridized carbons (Fsp3) is 0.130. The van der Waals surface area contributed by atoms with Crippen LogP contribution in [0.15, 0.2) is 60.9 Å². The first-order valence-electron chi connectivity index (χ1n) is 9.92. The summed E-state index contributed by atoms with van der Waals surface area (Å²) >= 11 is -0.333. The van der Waals surface area contributed by atoms with Gasteiger partial charge in [-0.2, -0.15) is 0 Å². The summed E-state index contributed by atoms with van der Waals surface area (Å²) in [6.45, 7) is -0.0763. The molecule has 3 N–H and O–H groups in total. The molecule has 0 radical (unpaired) electrons. The van der Waals surface area contributed by atoms with Crippen molar-refractivity contribution in [3.8, 4) is 17.4 Å². The Morgan fingerprint density at radius 2 is 1.85 bits per heavy atom. The number of nitrogens with zero attached hydrogens (tertiary/aromatic N) is 3. The average molecular weight is 510 g/mol. The van der Waals surface area contributed by atoms with Crippen molar-refractivity contribution >= 4 is 46.7 Å². The minimum atomic E-state index is -0.502. The molecule has 0 atom stereocenters. The van der Waals surface area contributed by atoms with E-state index in [9.17, 15) is 9.59 Å². The van der Waals surface area contributed by atoms with Crippen LogP contribution >= 0.6 is 0 Å². The second kappa shape index (κ2) is 9.72. The molecule has 10 heteroatoms. The van der Waals surface area contributed by atoms with Crippen LogP contribution in [0.4, 0.5) is 0 Å². The number of rotatable bonds is 8. The van der Waals surface area contributed by atoms with E-state index < -0.39 is 5.91 Å². The van der Waals surface area contributed by atoms with Crippen LogP contribution in [0.1, 0.15) is 10.4 Å². The summed E-state index contributed by atoms with van der Waals surface area (Å²) in [6.07, 6.45) is 3.35. The number of methoxy groups -OCH3 is 1. The number of aromatic nitrogens is 3. The first-order chi connectivity index (χ1) is 16.0. The van der Waals surface area contributed by atoms with Gasteiger partial charge in [0.05, 0.1) is 0 Å². The van der Waals surface area contributed by atoms with Crippen LogP contribution in [0.2, 0.25) is 0 Å². The predicted molar refractivity (Wildman–Crippen MR) is 125 cm³/mol. The number of nitrogens with two attached hydrogens (primary N) is 1. The van der Waals surface area contributed by atoms with E-state index in [1.54, 1.807) is 50.8 Å². The van der Waals surface area contributed by atoms with E-state index in [1.165, 1.54) is 0 Å². The molecule has 0 saturated carbocycles. The van der Waals surface area contributed by atoms with Gasteiger partial charge in [-0.25, -0.2) is 0 Å². The van der Waals surface area contributed by atoms with Crippen LogP contribution in [0.5, 0.6) is 11.5 Å². The molecule has 168 valence electrons. The van der Waals surface area contributed by atoms with Crippen LogP contribution < -0.4 is 29.6 Å². The van der Waals surface area contributed by atoms with Crippen molar-refractivity contribution in [2.75, 3.05) is 20.8 Å². The molecular formula is C23H21N5O4Se. The van der Waals surface area contributed by atoms with Gasteiger partial charge >= 0.3 is 196 Å². The fourth-order valence-electron chi connectivity index (χ4n) is 3.20. The number of nitrogens with one attached hydrogen (secondary N) is 1. The number of benzene rings is 2. The average Bonchev–Trinajstić information content (AvgIpc) is 3.19. The van der Waals surface area contributed by atoms with Crippen molar-refractivity contribution < 1.29 is 19.1 Å². The topological polar surface area (TPSA) is 121 Å². The molecule has 0 spiro atoms. The summed E-state index contributed by atoms with van der Waals surface area (Å²) in [6, 6.07) is 14.5. The van der Waals surface area contributed by atoms with E-state index in [4.69, 9.17) is 15.2 Å². The number of hydrogen-bond acceptors (Lipinski definition) is 6. The molecule has 0 fully saturated rings. The van der Waals surface area contributed by atoms with Crippen molar-refractivity contribution in [1.82, 2.24) is 19.9 Å². The van der Waals surface area contributed by atoms with E-state index in [-0.39, 0.29) is 27.5 Å². The third kappa shape index (κ3) is 4.82. The molecule has 0 aliphatic heterocycles. The zero-order chi connectivity index (χ0) is 23.4.